The van der Waals surface area contributed by atoms with Gasteiger partial charge in [0, 0.05) is 10.6 Å². The quantitative estimate of drug-likeness (QED) is 0.721. The molecule has 0 saturated heterocycles. The molecule has 0 amide bonds. The molecule has 0 radical (unpaired) electrons. The summed E-state index contributed by atoms with van der Waals surface area (Å²) in [7, 11) is -3.18. The fraction of sp³-hybridized carbons (Fsp3) is 0.136. The van der Waals surface area contributed by atoms with E-state index < -0.39 is 12.8 Å². The van der Waals surface area contributed by atoms with Gasteiger partial charge < -0.3 is 0 Å². The highest BCUT2D eigenvalue weighted by Crippen LogP contribution is 2.47. The smallest absolute Gasteiger partial charge is 0.206 e. The van der Waals surface area contributed by atoms with Gasteiger partial charge in [-0.3, -0.25) is 4.57 Å². The van der Waals surface area contributed by atoms with E-state index in [0.29, 0.717) is 17.0 Å². The Kier molecular flexibility index (Phi) is 4.24. The first-order chi connectivity index (χ1) is 12.7. The summed E-state index contributed by atoms with van der Waals surface area (Å²) in [5, 5.41) is 14.9. The summed E-state index contributed by atoms with van der Waals surface area (Å²) >= 11 is 0. The molecule has 0 unspecified atom stereocenters. The van der Waals surface area contributed by atoms with Gasteiger partial charge in [-0.25, -0.2) is 5.09 Å². The van der Waals surface area contributed by atoms with E-state index in [2.05, 4.69) is 11.2 Å². The summed E-state index contributed by atoms with van der Waals surface area (Å²) in [5.74, 6) is 0. The van der Waals surface area contributed by atoms with Crippen LogP contribution in [0.2, 0.25) is 0 Å². The Morgan fingerprint density at radius 2 is 1.38 bits per heavy atom. The number of nitrogens with zero attached hydrogens (tertiary/aromatic N) is 1. The maximum absolute atomic E-state index is 14.3. The first-order valence-corrected chi connectivity index (χ1v) is 10.4. The van der Waals surface area contributed by atoms with Crippen molar-refractivity contribution >= 4 is 17.9 Å². The monoisotopic (exact) mass is 358 g/mol. The van der Waals surface area contributed by atoms with E-state index in [9.17, 15) is 9.83 Å². The van der Waals surface area contributed by atoms with Crippen molar-refractivity contribution in [3.05, 3.63) is 96.1 Å². The van der Waals surface area contributed by atoms with Gasteiger partial charge in [0.2, 0.25) is 7.29 Å². The number of hydrogen-bond acceptors (Lipinski definition) is 2. The summed E-state index contributed by atoms with van der Waals surface area (Å²) in [6.45, 7) is 0. The van der Waals surface area contributed by atoms with Crippen LogP contribution in [0.4, 0.5) is 0 Å². The van der Waals surface area contributed by atoms with E-state index in [4.69, 9.17) is 0 Å². The van der Waals surface area contributed by atoms with Crippen LogP contribution in [0.3, 0.4) is 0 Å². The molecule has 4 heteroatoms. The molecule has 3 aromatic rings. The average molecular weight is 358 g/mol. The molecule has 1 aliphatic rings. The largest absolute Gasteiger partial charge is 0.296 e. The fourth-order valence-corrected chi connectivity index (χ4v) is 6.25. The number of aryl methyl sites for hydroxylation is 1. The summed E-state index contributed by atoms with van der Waals surface area (Å²) < 4.78 is 14.3. The first-order valence-electron chi connectivity index (χ1n) is 8.68. The number of rotatable bonds is 4. The van der Waals surface area contributed by atoms with Crippen molar-refractivity contribution < 1.29 is 4.57 Å². The zero-order chi connectivity index (χ0) is 18.0. The van der Waals surface area contributed by atoms with Gasteiger partial charge in [0.15, 0.2) is 0 Å². The Morgan fingerprint density at radius 1 is 0.846 bits per heavy atom. The standard InChI is InChI=1S/C22H19N2OP/c23-17-22(16-15-18-9-7-8-14-21(18)22)24-26(25,19-10-3-1-4-11-19)20-12-5-2-6-13-20/h1-14H,15-16H2,(H,24,25)/t22-/m1/s1. The normalized spacial score (nSPS) is 18.9. The van der Waals surface area contributed by atoms with Crippen molar-refractivity contribution in [3.8, 4) is 6.07 Å². The van der Waals surface area contributed by atoms with Crippen molar-refractivity contribution in [2.45, 2.75) is 18.4 Å². The van der Waals surface area contributed by atoms with Crippen LogP contribution in [-0.2, 0) is 16.5 Å². The van der Waals surface area contributed by atoms with Gasteiger partial charge >= 0.3 is 0 Å². The van der Waals surface area contributed by atoms with Gasteiger partial charge in [-0.2, -0.15) is 5.26 Å². The van der Waals surface area contributed by atoms with Crippen molar-refractivity contribution in [2.75, 3.05) is 0 Å². The minimum Gasteiger partial charge on any atom is -0.296 e. The van der Waals surface area contributed by atoms with Gasteiger partial charge in [-0.15, -0.1) is 0 Å². The molecule has 0 spiro atoms. The van der Waals surface area contributed by atoms with Crippen molar-refractivity contribution in [2.24, 2.45) is 0 Å². The molecule has 4 rings (SSSR count). The molecule has 0 aliphatic heterocycles. The molecule has 0 bridgehead atoms. The van der Waals surface area contributed by atoms with Crippen LogP contribution < -0.4 is 15.7 Å². The second-order valence-electron chi connectivity index (χ2n) is 6.57. The minimum atomic E-state index is -3.18. The maximum Gasteiger partial charge on any atom is 0.206 e. The number of nitrogens with one attached hydrogen (secondary N) is 1. The van der Waals surface area contributed by atoms with Crippen LogP contribution in [-0.4, -0.2) is 0 Å². The molecule has 1 aliphatic carbocycles. The predicted octanol–water partition coefficient (Wildman–Crippen LogP) is 3.87. The highest BCUT2D eigenvalue weighted by molar-refractivity contribution is 7.77. The predicted molar refractivity (Wildman–Crippen MR) is 105 cm³/mol. The number of benzene rings is 3. The highest BCUT2D eigenvalue weighted by Gasteiger charge is 2.44. The minimum absolute atomic E-state index is 0.618. The van der Waals surface area contributed by atoms with Crippen LogP contribution in [0.25, 0.3) is 0 Å². The molecular formula is C22H19N2OP. The molecule has 1 atom stereocenters. The van der Waals surface area contributed by atoms with E-state index >= 15 is 0 Å². The lowest BCUT2D eigenvalue weighted by Gasteiger charge is -2.31. The number of hydrogen-bond donors (Lipinski definition) is 1. The average Bonchev–Trinajstić information content (AvgIpc) is 3.08. The van der Waals surface area contributed by atoms with Gasteiger partial charge in [0.25, 0.3) is 0 Å². The number of nitriles is 1. The van der Waals surface area contributed by atoms with E-state index in [0.717, 1.165) is 17.5 Å². The van der Waals surface area contributed by atoms with Gasteiger partial charge in [-0.05, 0) is 48.2 Å². The molecular weight excluding hydrogens is 339 g/mol. The van der Waals surface area contributed by atoms with Crippen LogP contribution in [0.5, 0.6) is 0 Å². The van der Waals surface area contributed by atoms with E-state index in [-0.39, 0.29) is 0 Å². The van der Waals surface area contributed by atoms with Crippen molar-refractivity contribution in [3.63, 3.8) is 0 Å². The zero-order valence-electron chi connectivity index (χ0n) is 14.3. The zero-order valence-corrected chi connectivity index (χ0v) is 15.2. The van der Waals surface area contributed by atoms with Crippen LogP contribution in [0.1, 0.15) is 17.5 Å². The lowest BCUT2D eigenvalue weighted by atomic mass is 9.95. The van der Waals surface area contributed by atoms with Crippen molar-refractivity contribution in [1.29, 1.82) is 5.26 Å². The van der Waals surface area contributed by atoms with E-state index in [1.807, 2.05) is 84.9 Å². The topological polar surface area (TPSA) is 52.9 Å². The van der Waals surface area contributed by atoms with Gasteiger partial charge in [0.1, 0.15) is 5.54 Å². The third-order valence-electron chi connectivity index (χ3n) is 5.03. The summed E-state index contributed by atoms with van der Waals surface area (Å²) in [4.78, 5) is 0. The molecule has 3 nitrogen and oxygen atoms in total. The Labute approximate surface area is 153 Å². The lowest BCUT2D eigenvalue weighted by Crippen LogP contribution is -2.42. The first kappa shape index (κ1) is 16.8. The molecule has 1 N–H and O–H groups in total. The Morgan fingerprint density at radius 3 is 1.96 bits per heavy atom. The number of fused-ring (bicyclic) bond motifs is 1. The Bertz CT molecular complexity index is 968. The summed E-state index contributed by atoms with van der Waals surface area (Å²) in [6, 6.07) is 29.2. The molecule has 0 heterocycles. The second-order valence-corrected chi connectivity index (χ2v) is 9.04. The summed E-state index contributed by atoms with van der Waals surface area (Å²) in [5.41, 5.74) is 1.14. The van der Waals surface area contributed by atoms with E-state index in [1.54, 1.807) is 0 Å². The third kappa shape index (κ3) is 2.69. The van der Waals surface area contributed by atoms with Crippen LogP contribution in [0.15, 0.2) is 84.9 Å². The molecule has 26 heavy (non-hydrogen) atoms. The fourth-order valence-electron chi connectivity index (χ4n) is 3.69. The van der Waals surface area contributed by atoms with Crippen LogP contribution in [0, 0.1) is 11.3 Å². The molecule has 0 saturated carbocycles. The van der Waals surface area contributed by atoms with Gasteiger partial charge in [-0.1, -0.05) is 60.7 Å². The molecule has 3 aromatic carbocycles. The lowest BCUT2D eigenvalue weighted by molar-refractivity contribution is 0.496. The van der Waals surface area contributed by atoms with Gasteiger partial charge in [0.05, 0.1) is 6.07 Å². The maximum atomic E-state index is 14.3. The highest BCUT2D eigenvalue weighted by atomic mass is 31.2. The Balaban J connectivity index is 1.87. The van der Waals surface area contributed by atoms with Crippen LogP contribution >= 0.6 is 7.29 Å². The second kappa shape index (κ2) is 6.57. The Hall–Kier alpha value is -2.66. The summed E-state index contributed by atoms with van der Waals surface area (Å²) in [6.07, 6.45) is 1.42. The van der Waals surface area contributed by atoms with E-state index in [1.165, 1.54) is 0 Å². The SMILES string of the molecule is N#C[C@]1(NP(=O)(c2ccccc2)c2ccccc2)CCc2ccccc21. The third-order valence-corrected chi connectivity index (χ3v) is 7.77. The molecule has 0 fully saturated rings. The molecule has 128 valence electrons. The van der Waals surface area contributed by atoms with Crippen molar-refractivity contribution in [1.82, 2.24) is 5.09 Å². The molecule has 0 aromatic heterocycles.